The number of hydrogen-bond acceptors (Lipinski definition) is 6. The Balaban J connectivity index is 1.81. The lowest BCUT2D eigenvalue weighted by Gasteiger charge is -2.26. The number of ether oxygens (including phenoxy) is 1. The molecule has 0 bridgehead atoms. The number of likely N-dealkylation sites (tertiary alicyclic amines) is 1. The van der Waals surface area contributed by atoms with Gasteiger partial charge in [0.2, 0.25) is 0 Å². The van der Waals surface area contributed by atoms with Gasteiger partial charge in [0, 0.05) is 44.3 Å². The van der Waals surface area contributed by atoms with Crippen molar-refractivity contribution in [3.05, 3.63) is 94.8 Å². The Kier molecular flexibility index (Phi) is 7.38. The molecular weight excluding hydrogens is 454 g/mol. The molecule has 0 spiro atoms. The molecule has 4 rings (SSSR count). The lowest BCUT2D eigenvalue weighted by molar-refractivity contribution is -0.140. The van der Waals surface area contributed by atoms with Gasteiger partial charge >= 0.3 is 0 Å². The fraction of sp³-hybridized carbons (Fsp3) is 0.276. The fourth-order valence-electron chi connectivity index (χ4n) is 4.36. The highest BCUT2D eigenvalue weighted by Gasteiger charge is 2.46. The molecule has 2 aromatic carbocycles. The summed E-state index contributed by atoms with van der Waals surface area (Å²) in [6, 6.07) is 15.8. The molecule has 0 aliphatic carbocycles. The van der Waals surface area contributed by atoms with Gasteiger partial charge < -0.3 is 19.6 Å². The number of amides is 1. The van der Waals surface area contributed by atoms with Crippen molar-refractivity contribution in [3.8, 4) is 5.75 Å². The maximum atomic E-state index is 13.3. The van der Waals surface area contributed by atoms with E-state index in [1.165, 1.54) is 4.90 Å². The SMILES string of the molecule is CCCOc1ccc(/C(O)=C2/C(=O)C(=O)N(Cc3ccncc3)C2c2ccc(N(C)C)cc2)cc1C. The van der Waals surface area contributed by atoms with Crippen LogP contribution in [0.4, 0.5) is 5.69 Å². The van der Waals surface area contributed by atoms with Crippen molar-refractivity contribution in [1.82, 2.24) is 9.88 Å². The predicted octanol–water partition coefficient (Wildman–Crippen LogP) is 4.87. The Morgan fingerprint density at radius 3 is 2.36 bits per heavy atom. The van der Waals surface area contributed by atoms with Crippen molar-refractivity contribution in [2.24, 2.45) is 0 Å². The second kappa shape index (κ2) is 10.6. The Bertz CT molecular complexity index is 1280. The zero-order valence-corrected chi connectivity index (χ0v) is 21.1. The number of nitrogens with zero attached hydrogens (tertiary/aromatic N) is 3. The average Bonchev–Trinajstić information content (AvgIpc) is 3.13. The van der Waals surface area contributed by atoms with Crippen molar-refractivity contribution in [1.29, 1.82) is 0 Å². The Morgan fingerprint density at radius 2 is 1.75 bits per heavy atom. The van der Waals surface area contributed by atoms with Crippen LogP contribution in [0.15, 0.2) is 72.6 Å². The second-order valence-electron chi connectivity index (χ2n) is 9.10. The summed E-state index contributed by atoms with van der Waals surface area (Å²) < 4.78 is 5.75. The van der Waals surface area contributed by atoms with Gasteiger partial charge in [0.25, 0.3) is 11.7 Å². The lowest BCUT2D eigenvalue weighted by Crippen LogP contribution is -2.29. The first-order chi connectivity index (χ1) is 17.3. The summed E-state index contributed by atoms with van der Waals surface area (Å²) in [5.74, 6) is -0.818. The smallest absolute Gasteiger partial charge is 0.295 e. The maximum absolute atomic E-state index is 13.3. The third-order valence-corrected chi connectivity index (χ3v) is 6.28. The van der Waals surface area contributed by atoms with Crippen molar-refractivity contribution in [2.45, 2.75) is 32.9 Å². The third-order valence-electron chi connectivity index (χ3n) is 6.28. The minimum absolute atomic E-state index is 0.0771. The molecule has 1 unspecified atom stereocenters. The van der Waals surface area contributed by atoms with E-state index in [0.29, 0.717) is 12.2 Å². The van der Waals surface area contributed by atoms with Crippen LogP contribution >= 0.6 is 0 Å². The number of aromatic nitrogens is 1. The van der Waals surface area contributed by atoms with Gasteiger partial charge in [0.05, 0.1) is 18.2 Å². The molecule has 1 aliphatic rings. The molecule has 36 heavy (non-hydrogen) atoms. The van der Waals surface area contributed by atoms with E-state index in [1.54, 1.807) is 30.6 Å². The average molecular weight is 486 g/mol. The van der Waals surface area contributed by atoms with Gasteiger partial charge in [-0.15, -0.1) is 0 Å². The minimum Gasteiger partial charge on any atom is -0.507 e. The lowest BCUT2D eigenvalue weighted by atomic mass is 9.94. The van der Waals surface area contributed by atoms with E-state index in [-0.39, 0.29) is 17.9 Å². The Morgan fingerprint density at radius 1 is 1.06 bits per heavy atom. The summed E-state index contributed by atoms with van der Waals surface area (Å²) in [4.78, 5) is 34.1. The minimum atomic E-state index is -0.731. The van der Waals surface area contributed by atoms with Crippen LogP contribution < -0.4 is 9.64 Å². The number of anilines is 1. The molecule has 1 aromatic heterocycles. The zero-order chi connectivity index (χ0) is 25.8. The highest BCUT2D eigenvalue weighted by molar-refractivity contribution is 6.46. The van der Waals surface area contributed by atoms with Crippen LogP contribution in [0, 0.1) is 6.92 Å². The number of aliphatic hydroxyl groups excluding tert-OH is 1. The second-order valence-corrected chi connectivity index (χ2v) is 9.10. The largest absolute Gasteiger partial charge is 0.507 e. The molecule has 186 valence electrons. The quantitative estimate of drug-likeness (QED) is 0.279. The first-order valence-corrected chi connectivity index (χ1v) is 12.0. The number of ketones is 1. The summed E-state index contributed by atoms with van der Waals surface area (Å²) in [7, 11) is 3.89. The molecule has 1 aliphatic heterocycles. The third kappa shape index (κ3) is 4.96. The van der Waals surface area contributed by atoms with Crippen LogP contribution in [0.1, 0.15) is 41.6 Å². The van der Waals surface area contributed by atoms with Gasteiger partial charge in [-0.3, -0.25) is 14.6 Å². The molecule has 2 heterocycles. The molecule has 1 saturated heterocycles. The molecule has 0 saturated carbocycles. The van der Waals surface area contributed by atoms with Gasteiger partial charge in [-0.25, -0.2) is 0 Å². The summed E-state index contributed by atoms with van der Waals surface area (Å²) in [6.45, 7) is 4.73. The van der Waals surface area contributed by atoms with E-state index in [9.17, 15) is 14.7 Å². The number of aliphatic hydroxyl groups is 1. The summed E-state index contributed by atoms with van der Waals surface area (Å²) in [5, 5.41) is 11.4. The normalized spacial score (nSPS) is 16.9. The molecule has 1 fully saturated rings. The van der Waals surface area contributed by atoms with E-state index >= 15 is 0 Å². The summed E-state index contributed by atoms with van der Waals surface area (Å²) in [6.07, 6.45) is 4.18. The van der Waals surface area contributed by atoms with E-state index < -0.39 is 17.7 Å². The standard InChI is InChI=1S/C29H31N3O4/c1-5-16-36-24-11-8-22(17-19(24)2)27(33)25-26(21-6-9-23(10-7-21)31(3)4)32(29(35)28(25)34)18-20-12-14-30-15-13-20/h6-15,17,26,33H,5,16,18H2,1-4H3/b27-25-. The van der Waals surface area contributed by atoms with Crippen molar-refractivity contribution >= 4 is 23.1 Å². The molecule has 1 amide bonds. The van der Waals surface area contributed by atoms with Gasteiger partial charge in [-0.2, -0.15) is 0 Å². The first-order valence-electron chi connectivity index (χ1n) is 12.0. The van der Waals surface area contributed by atoms with Crippen LogP contribution in [0.5, 0.6) is 5.75 Å². The molecule has 0 radical (unpaired) electrons. The predicted molar refractivity (Wildman–Crippen MR) is 140 cm³/mol. The molecule has 3 aromatic rings. The molecule has 7 heteroatoms. The zero-order valence-electron chi connectivity index (χ0n) is 21.1. The van der Waals surface area contributed by atoms with Crippen LogP contribution in [0.2, 0.25) is 0 Å². The number of carbonyl (C=O) groups is 2. The van der Waals surface area contributed by atoms with Crippen LogP contribution in [-0.2, 0) is 16.1 Å². The molecule has 1 N–H and O–H groups in total. The van der Waals surface area contributed by atoms with Crippen molar-refractivity contribution in [3.63, 3.8) is 0 Å². The number of hydrogen-bond donors (Lipinski definition) is 1. The number of carbonyl (C=O) groups excluding carboxylic acids is 2. The number of rotatable bonds is 8. The highest BCUT2D eigenvalue weighted by atomic mass is 16.5. The van der Waals surface area contributed by atoms with Crippen LogP contribution in [0.25, 0.3) is 5.76 Å². The maximum Gasteiger partial charge on any atom is 0.295 e. The summed E-state index contributed by atoms with van der Waals surface area (Å²) in [5.41, 5.74) is 3.96. The van der Waals surface area contributed by atoms with E-state index in [0.717, 1.165) is 34.5 Å². The van der Waals surface area contributed by atoms with Gasteiger partial charge in [0.15, 0.2) is 0 Å². The Hall–Kier alpha value is -4.13. The van der Waals surface area contributed by atoms with Crippen molar-refractivity contribution in [2.75, 3.05) is 25.6 Å². The van der Waals surface area contributed by atoms with Gasteiger partial charge in [0.1, 0.15) is 11.5 Å². The van der Waals surface area contributed by atoms with Crippen LogP contribution in [-0.4, -0.2) is 47.4 Å². The topological polar surface area (TPSA) is 83.0 Å². The van der Waals surface area contributed by atoms with Crippen LogP contribution in [0.3, 0.4) is 0 Å². The summed E-state index contributed by atoms with van der Waals surface area (Å²) >= 11 is 0. The number of aryl methyl sites for hydroxylation is 1. The number of pyridine rings is 1. The van der Waals surface area contributed by atoms with E-state index in [2.05, 4.69) is 4.98 Å². The molecular formula is C29H31N3O4. The molecule has 7 nitrogen and oxygen atoms in total. The van der Waals surface area contributed by atoms with E-state index in [1.807, 2.05) is 69.2 Å². The van der Waals surface area contributed by atoms with Crippen molar-refractivity contribution < 1.29 is 19.4 Å². The highest BCUT2D eigenvalue weighted by Crippen LogP contribution is 2.41. The monoisotopic (exact) mass is 485 g/mol. The fourth-order valence-corrected chi connectivity index (χ4v) is 4.36. The first kappa shape index (κ1) is 25.0. The van der Waals surface area contributed by atoms with Gasteiger partial charge in [-0.1, -0.05) is 19.1 Å². The van der Waals surface area contributed by atoms with Gasteiger partial charge in [-0.05, 0) is 72.5 Å². The van der Waals surface area contributed by atoms with E-state index in [4.69, 9.17) is 4.74 Å². The number of benzene rings is 2. The number of Topliss-reactive ketones (excluding diaryl/α,β-unsaturated/α-hetero) is 1. The molecule has 1 atom stereocenters. The Labute approximate surface area is 211 Å².